The van der Waals surface area contributed by atoms with E-state index in [2.05, 4.69) is 32.3 Å². The zero-order valence-electron chi connectivity index (χ0n) is 16.0. The van der Waals surface area contributed by atoms with Crippen LogP contribution in [0.5, 0.6) is 0 Å². The summed E-state index contributed by atoms with van der Waals surface area (Å²) in [5.74, 6) is 0.502. The van der Waals surface area contributed by atoms with Gasteiger partial charge < -0.3 is 15.1 Å². The van der Waals surface area contributed by atoms with Crippen molar-refractivity contribution in [3.8, 4) is 0 Å². The molecular weight excluding hydrogens is 386 g/mol. The number of thiophene rings is 1. The number of amides is 1. The van der Waals surface area contributed by atoms with Gasteiger partial charge >= 0.3 is 0 Å². The van der Waals surface area contributed by atoms with Gasteiger partial charge in [-0.25, -0.2) is 4.68 Å². The highest BCUT2D eigenvalue weighted by molar-refractivity contribution is 7.09. The summed E-state index contributed by atoms with van der Waals surface area (Å²) in [6.45, 7) is 3.77. The molecule has 0 saturated carbocycles. The fourth-order valence-corrected chi connectivity index (χ4v) is 3.99. The number of benzene rings is 1. The Hall–Kier alpha value is -3.13. The predicted molar refractivity (Wildman–Crippen MR) is 116 cm³/mol. The number of anilines is 2. The highest BCUT2D eigenvalue weighted by Gasteiger charge is 2.19. The summed E-state index contributed by atoms with van der Waals surface area (Å²) >= 11 is 1.58. The van der Waals surface area contributed by atoms with Crippen LogP contribution in [0.1, 0.15) is 4.88 Å². The van der Waals surface area contributed by atoms with Gasteiger partial charge in [-0.3, -0.25) is 9.59 Å². The number of nitrogens with one attached hydrogen (secondary N) is 1. The molecular formula is C21H23N5O2S. The third-order valence-electron chi connectivity index (χ3n) is 4.91. The molecule has 1 aliphatic heterocycles. The smallest absolute Gasteiger partial charge is 0.267 e. The molecule has 29 heavy (non-hydrogen) atoms. The number of nitrogens with zero attached hydrogens (tertiary/aromatic N) is 4. The molecule has 0 radical (unpaired) electrons. The van der Waals surface area contributed by atoms with E-state index >= 15 is 0 Å². The van der Waals surface area contributed by atoms with Crippen LogP contribution >= 0.6 is 11.3 Å². The molecule has 1 N–H and O–H groups in total. The Morgan fingerprint density at radius 3 is 2.45 bits per heavy atom. The number of hydrogen-bond acceptors (Lipinski definition) is 6. The van der Waals surface area contributed by atoms with Crippen LogP contribution in [0.2, 0.25) is 0 Å². The third-order valence-corrected chi connectivity index (χ3v) is 5.79. The fraction of sp³-hybridized carbons (Fsp3) is 0.286. The summed E-state index contributed by atoms with van der Waals surface area (Å²) in [6.07, 6.45) is 0. The summed E-state index contributed by atoms with van der Waals surface area (Å²) in [4.78, 5) is 29.9. The van der Waals surface area contributed by atoms with Gasteiger partial charge in [-0.2, -0.15) is 5.10 Å². The SMILES string of the molecule is O=C(Cn1nc(N2CCN(c3ccccc3)CC2)ccc1=O)NCc1cccs1. The van der Waals surface area contributed by atoms with Crippen molar-refractivity contribution in [3.05, 3.63) is 75.2 Å². The first-order chi connectivity index (χ1) is 14.2. The van der Waals surface area contributed by atoms with Gasteiger partial charge in [-0.05, 0) is 29.6 Å². The first-order valence-electron chi connectivity index (χ1n) is 9.61. The highest BCUT2D eigenvalue weighted by atomic mass is 32.1. The first-order valence-corrected chi connectivity index (χ1v) is 10.5. The van der Waals surface area contributed by atoms with E-state index in [1.165, 1.54) is 16.4 Å². The minimum atomic E-state index is -0.275. The van der Waals surface area contributed by atoms with Crippen LogP contribution in [0.3, 0.4) is 0 Å². The normalized spacial score (nSPS) is 14.1. The van der Waals surface area contributed by atoms with Gasteiger partial charge in [-0.15, -0.1) is 11.3 Å². The van der Waals surface area contributed by atoms with Crippen molar-refractivity contribution in [3.63, 3.8) is 0 Å². The van der Waals surface area contributed by atoms with Crippen molar-refractivity contribution < 1.29 is 4.79 Å². The molecule has 0 unspecified atom stereocenters. The maximum absolute atomic E-state index is 12.2. The standard InChI is InChI=1S/C21H23N5O2S/c27-20(22-15-18-7-4-14-29-18)16-26-21(28)9-8-19(23-26)25-12-10-24(11-13-25)17-5-2-1-3-6-17/h1-9,14H,10-13,15-16H2,(H,22,27). The molecule has 1 aromatic carbocycles. The lowest BCUT2D eigenvalue weighted by molar-refractivity contribution is -0.122. The van der Waals surface area contributed by atoms with Gasteiger partial charge in [-0.1, -0.05) is 24.3 Å². The van der Waals surface area contributed by atoms with E-state index in [0.717, 1.165) is 36.9 Å². The zero-order chi connectivity index (χ0) is 20.1. The number of rotatable bonds is 6. The van der Waals surface area contributed by atoms with Crippen LogP contribution in [0.25, 0.3) is 0 Å². The number of carbonyl (C=O) groups is 1. The Morgan fingerprint density at radius 2 is 1.72 bits per heavy atom. The van der Waals surface area contributed by atoms with Crippen LogP contribution in [-0.4, -0.2) is 41.9 Å². The zero-order valence-corrected chi connectivity index (χ0v) is 16.8. The molecule has 3 heterocycles. The summed E-state index contributed by atoms with van der Waals surface area (Å²) in [5.41, 5.74) is 0.940. The lowest BCUT2D eigenvalue weighted by Crippen LogP contribution is -2.47. The molecule has 0 aliphatic carbocycles. The second-order valence-corrected chi connectivity index (χ2v) is 7.89. The Balaban J connectivity index is 1.37. The summed E-state index contributed by atoms with van der Waals surface area (Å²) in [6, 6.07) is 17.5. The van der Waals surface area contributed by atoms with Crippen LogP contribution in [0.15, 0.2) is 64.8 Å². The highest BCUT2D eigenvalue weighted by Crippen LogP contribution is 2.18. The van der Waals surface area contributed by atoms with Crippen molar-refractivity contribution in [2.75, 3.05) is 36.0 Å². The van der Waals surface area contributed by atoms with E-state index in [1.807, 2.05) is 35.7 Å². The second-order valence-electron chi connectivity index (χ2n) is 6.85. The molecule has 1 aliphatic rings. The van der Waals surface area contributed by atoms with E-state index < -0.39 is 0 Å². The number of para-hydroxylation sites is 1. The average Bonchev–Trinajstić information content (AvgIpc) is 3.28. The molecule has 8 heteroatoms. The Kier molecular flexibility index (Phi) is 5.90. The average molecular weight is 410 g/mol. The third kappa shape index (κ3) is 4.83. The summed E-state index contributed by atoms with van der Waals surface area (Å²) < 4.78 is 1.24. The molecule has 4 rings (SSSR count). The number of aromatic nitrogens is 2. The Labute approximate surface area is 173 Å². The van der Waals surface area contributed by atoms with E-state index in [0.29, 0.717) is 6.54 Å². The molecule has 2 aromatic heterocycles. The van der Waals surface area contributed by atoms with Gasteiger partial charge in [0.1, 0.15) is 12.4 Å². The monoisotopic (exact) mass is 409 g/mol. The number of piperazine rings is 1. The maximum atomic E-state index is 12.2. The van der Waals surface area contributed by atoms with Gasteiger partial charge in [0.2, 0.25) is 5.91 Å². The van der Waals surface area contributed by atoms with Crippen molar-refractivity contribution in [1.29, 1.82) is 0 Å². The topological polar surface area (TPSA) is 70.5 Å². The Bertz CT molecular complexity index is 995. The largest absolute Gasteiger partial charge is 0.368 e. The molecule has 0 atom stereocenters. The fourth-order valence-electron chi connectivity index (χ4n) is 3.34. The van der Waals surface area contributed by atoms with Gasteiger partial charge in [0.15, 0.2) is 0 Å². The molecule has 150 valence electrons. The predicted octanol–water partition coefficient (Wildman–Crippen LogP) is 1.95. The summed E-state index contributed by atoms with van der Waals surface area (Å²) in [7, 11) is 0. The minimum Gasteiger partial charge on any atom is -0.368 e. The van der Waals surface area contributed by atoms with Crippen molar-refractivity contribution in [2.45, 2.75) is 13.1 Å². The molecule has 1 saturated heterocycles. The van der Waals surface area contributed by atoms with Gasteiger partial charge in [0.25, 0.3) is 5.56 Å². The summed E-state index contributed by atoms with van der Waals surface area (Å²) in [5, 5.41) is 9.23. The molecule has 1 fully saturated rings. The number of carbonyl (C=O) groups excluding carboxylic acids is 1. The lowest BCUT2D eigenvalue weighted by Gasteiger charge is -2.36. The molecule has 7 nitrogen and oxygen atoms in total. The maximum Gasteiger partial charge on any atom is 0.267 e. The van der Waals surface area contributed by atoms with Gasteiger partial charge in [0.05, 0.1) is 6.54 Å². The van der Waals surface area contributed by atoms with Crippen molar-refractivity contribution in [1.82, 2.24) is 15.1 Å². The quantitative estimate of drug-likeness (QED) is 0.674. The van der Waals surface area contributed by atoms with Gasteiger partial charge in [0, 0.05) is 42.8 Å². The van der Waals surface area contributed by atoms with E-state index in [9.17, 15) is 9.59 Å². The molecule has 0 spiro atoms. The van der Waals surface area contributed by atoms with E-state index in [4.69, 9.17) is 0 Å². The number of hydrogen-bond donors (Lipinski definition) is 1. The lowest BCUT2D eigenvalue weighted by atomic mass is 10.2. The van der Waals surface area contributed by atoms with Crippen LogP contribution in [-0.2, 0) is 17.9 Å². The molecule has 3 aromatic rings. The molecule has 0 bridgehead atoms. The first kappa shape index (κ1) is 19.2. The van der Waals surface area contributed by atoms with E-state index in [1.54, 1.807) is 17.4 Å². The van der Waals surface area contributed by atoms with Crippen LogP contribution in [0, 0.1) is 0 Å². The Morgan fingerprint density at radius 1 is 0.966 bits per heavy atom. The minimum absolute atomic E-state index is 0.0813. The van der Waals surface area contributed by atoms with Crippen molar-refractivity contribution in [2.24, 2.45) is 0 Å². The van der Waals surface area contributed by atoms with Crippen LogP contribution in [0.4, 0.5) is 11.5 Å². The molecule has 1 amide bonds. The van der Waals surface area contributed by atoms with Crippen molar-refractivity contribution >= 4 is 28.7 Å². The van der Waals surface area contributed by atoms with Crippen LogP contribution < -0.4 is 20.7 Å². The van der Waals surface area contributed by atoms with E-state index in [-0.39, 0.29) is 18.0 Å². The second kappa shape index (κ2) is 8.91.